The monoisotopic (exact) mass is 438 g/mol. The summed E-state index contributed by atoms with van der Waals surface area (Å²) in [4.78, 5) is 35.3. The predicted molar refractivity (Wildman–Crippen MR) is 102 cm³/mol. The number of hydrazone groups is 1. The Kier molecular flexibility index (Phi) is 5.65. The number of urea groups is 1. The zero-order valence-corrected chi connectivity index (χ0v) is 16.0. The van der Waals surface area contributed by atoms with Crippen molar-refractivity contribution in [2.75, 3.05) is 0 Å². The van der Waals surface area contributed by atoms with E-state index >= 15 is 0 Å². The van der Waals surface area contributed by atoms with Crippen LogP contribution in [-0.2, 0) is 10.3 Å². The van der Waals surface area contributed by atoms with Crippen LogP contribution in [0.3, 0.4) is 0 Å². The summed E-state index contributed by atoms with van der Waals surface area (Å²) in [5.41, 5.74) is -1.28. The minimum Gasteiger partial charge on any atom is -0.435 e. The Labute approximate surface area is 173 Å². The SMILES string of the molecule is C[C@@]1(c2ccc(OC(F)F)cc2)NC(=O)N(/N=C\c2ccc(Cl)c([N+](=O)[O-])c2)C1=O. The van der Waals surface area contributed by atoms with Crippen molar-refractivity contribution >= 4 is 35.4 Å². The summed E-state index contributed by atoms with van der Waals surface area (Å²) in [6, 6.07) is 8.26. The number of nitro groups is 1. The molecule has 1 aliphatic rings. The van der Waals surface area contributed by atoms with Crippen molar-refractivity contribution < 1.29 is 28.0 Å². The van der Waals surface area contributed by atoms with Gasteiger partial charge >= 0.3 is 12.6 Å². The molecule has 1 aliphatic heterocycles. The van der Waals surface area contributed by atoms with Crippen molar-refractivity contribution in [1.82, 2.24) is 10.3 Å². The van der Waals surface area contributed by atoms with Crippen molar-refractivity contribution in [3.05, 3.63) is 68.7 Å². The van der Waals surface area contributed by atoms with Gasteiger partial charge in [-0.1, -0.05) is 29.8 Å². The number of hydrogen-bond donors (Lipinski definition) is 1. The lowest BCUT2D eigenvalue weighted by Gasteiger charge is -2.21. The van der Waals surface area contributed by atoms with Crippen molar-refractivity contribution in [2.24, 2.45) is 5.10 Å². The molecule has 3 rings (SSSR count). The summed E-state index contributed by atoms with van der Waals surface area (Å²) < 4.78 is 28.8. The highest BCUT2D eigenvalue weighted by Gasteiger charge is 2.49. The Hall–Kier alpha value is -3.60. The van der Waals surface area contributed by atoms with Crippen LogP contribution in [-0.4, -0.2) is 34.7 Å². The van der Waals surface area contributed by atoms with Crippen LogP contribution in [0.1, 0.15) is 18.1 Å². The van der Waals surface area contributed by atoms with Crippen LogP contribution in [0.25, 0.3) is 0 Å². The Morgan fingerprint density at radius 2 is 1.93 bits per heavy atom. The molecule has 0 aliphatic carbocycles. The number of ether oxygens (including phenoxy) is 1. The number of nitrogens with one attached hydrogen (secondary N) is 1. The number of rotatable bonds is 6. The quantitative estimate of drug-likeness (QED) is 0.320. The lowest BCUT2D eigenvalue weighted by Crippen LogP contribution is -2.40. The first-order valence-corrected chi connectivity index (χ1v) is 8.69. The number of imide groups is 1. The maximum absolute atomic E-state index is 12.8. The van der Waals surface area contributed by atoms with Gasteiger partial charge in [-0.2, -0.15) is 13.9 Å². The van der Waals surface area contributed by atoms with Gasteiger partial charge < -0.3 is 10.1 Å². The molecular formula is C18H13ClF2N4O5. The number of carbonyl (C=O) groups is 2. The largest absolute Gasteiger partial charge is 0.435 e. The summed E-state index contributed by atoms with van der Waals surface area (Å²) in [7, 11) is 0. The second-order valence-corrected chi connectivity index (χ2v) is 6.69. The van der Waals surface area contributed by atoms with E-state index in [1.165, 1.54) is 43.3 Å². The number of amides is 3. The van der Waals surface area contributed by atoms with Crippen molar-refractivity contribution in [3.63, 3.8) is 0 Å². The fourth-order valence-electron chi connectivity index (χ4n) is 2.77. The smallest absolute Gasteiger partial charge is 0.387 e. The third-order valence-corrected chi connectivity index (χ3v) is 4.64. The summed E-state index contributed by atoms with van der Waals surface area (Å²) in [5, 5.41) is 17.8. The lowest BCUT2D eigenvalue weighted by molar-refractivity contribution is -0.384. The van der Waals surface area contributed by atoms with E-state index < -0.39 is 29.0 Å². The third kappa shape index (κ3) is 4.06. The molecule has 1 atom stereocenters. The number of halogens is 3. The Morgan fingerprint density at radius 1 is 1.27 bits per heavy atom. The maximum atomic E-state index is 12.8. The Bertz CT molecular complexity index is 1050. The molecule has 0 spiro atoms. The fourth-order valence-corrected chi connectivity index (χ4v) is 2.96. The fraction of sp³-hybridized carbons (Fsp3) is 0.167. The number of carbonyl (C=O) groups excluding carboxylic acids is 2. The topological polar surface area (TPSA) is 114 Å². The van der Waals surface area contributed by atoms with Gasteiger partial charge in [-0.05, 0) is 30.7 Å². The molecule has 0 unspecified atom stereocenters. The highest BCUT2D eigenvalue weighted by molar-refractivity contribution is 6.32. The number of nitrogens with zero attached hydrogens (tertiary/aromatic N) is 3. The van der Waals surface area contributed by atoms with Crippen LogP contribution in [0, 0.1) is 10.1 Å². The molecule has 156 valence electrons. The average Bonchev–Trinajstić information content (AvgIpc) is 2.90. The van der Waals surface area contributed by atoms with Crippen LogP contribution in [0.5, 0.6) is 5.75 Å². The molecule has 9 nitrogen and oxygen atoms in total. The van der Waals surface area contributed by atoms with Crippen LogP contribution in [0.15, 0.2) is 47.6 Å². The first kappa shape index (κ1) is 21.1. The molecule has 12 heteroatoms. The zero-order chi connectivity index (χ0) is 22.1. The molecule has 1 N–H and O–H groups in total. The van der Waals surface area contributed by atoms with Crippen LogP contribution < -0.4 is 10.1 Å². The number of nitro benzene ring substituents is 1. The van der Waals surface area contributed by atoms with Gasteiger partial charge in [0.15, 0.2) is 0 Å². The predicted octanol–water partition coefficient (Wildman–Crippen LogP) is 3.65. The van der Waals surface area contributed by atoms with Gasteiger partial charge in [0.1, 0.15) is 16.3 Å². The molecule has 0 aromatic heterocycles. The first-order chi connectivity index (χ1) is 14.1. The molecular weight excluding hydrogens is 426 g/mol. The summed E-state index contributed by atoms with van der Waals surface area (Å²) in [6.07, 6.45) is 1.10. The summed E-state index contributed by atoms with van der Waals surface area (Å²) >= 11 is 5.74. The zero-order valence-electron chi connectivity index (χ0n) is 15.2. The van der Waals surface area contributed by atoms with E-state index in [1.807, 2.05) is 0 Å². The molecule has 2 aromatic rings. The number of benzene rings is 2. The van der Waals surface area contributed by atoms with E-state index in [1.54, 1.807) is 0 Å². The summed E-state index contributed by atoms with van der Waals surface area (Å²) in [5.74, 6) is -0.830. The van der Waals surface area contributed by atoms with Gasteiger partial charge in [-0.3, -0.25) is 14.9 Å². The number of alkyl halides is 2. The molecule has 3 amide bonds. The van der Waals surface area contributed by atoms with Gasteiger partial charge in [0, 0.05) is 11.6 Å². The molecule has 1 heterocycles. The molecule has 1 saturated heterocycles. The second kappa shape index (κ2) is 8.03. The first-order valence-electron chi connectivity index (χ1n) is 8.32. The second-order valence-electron chi connectivity index (χ2n) is 6.29. The van der Waals surface area contributed by atoms with Crippen molar-refractivity contribution in [2.45, 2.75) is 19.1 Å². The van der Waals surface area contributed by atoms with Crippen LogP contribution in [0.2, 0.25) is 5.02 Å². The van der Waals surface area contributed by atoms with Gasteiger partial charge in [-0.15, -0.1) is 5.01 Å². The highest BCUT2D eigenvalue weighted by Crippen LogP contribution is 2.31. The minimum atomic E-state index is -2.99. The van der Waals surface area contributed by atoms with Crippen molar-refractivity contribution in [3.8, 4) is 5.75 Å². The van der Waals surface area contributed by atoms with E-state index in [0.29, 0.717) is 10.6 Å². The van der Waals surface area contributed by atoms with E-state index in [9.17, 15) is 28.5 Å². The van der Waals surface area contributed by atoms with Gasteiger partial charge in [0.2, 0.25) is 0 Å². The standard InChI is InChI=1S/C18H13ClF2N4O5/c1-18(11-3-5-12(6-4-11)30-16(20)21)15(26)24(17(27)23-18)22-9-10-2-7-13(19)14(8-10)25(28)29/h2-9,16H,1H3,(H,23,27)/b22-9-/t18-/m0/s1. The van der Waals surface area contributed by atoms with E-state index in [4.69, 9.17) is 11.6 Å². The maximum Gasteiger partial charge on any atom is 0.387 e. The van der Waals surface area contributed by atoms with E-state index in [0.717, 1.165) is 12.3 Å². The lowest BCUT2D eigenvalue weighted by atomic mass is 9.92. The number of hydrogen-bond acceptors (Lipinski definition) is 6. The van der Waals surface area contributed by atoms with Crippen LogP contribution in [0.4, 0.5) is 19.3 Å². The highest BCUT2D eigenvalue weighted by atomic mass is 35.5. The van der Waals surface area contributed by atoms with E-state index in [2.05, 4.69) is 15.2 Å². The molecule has 30 heavy (non-hydrogen) atoms. The minimum absolute atomic E-state index is 0.0704. The normalized spacial score (nSPS) is 18.9. The van der Waals surface area contributed by atoms with Crippen LogP contribution >= 0.6 is 11.6 Å². The molecule has 0 saturated carbocycles. The average molecular weight is 439 g/mol. The Morgan fingerprint density at radius 3 is 2.53 bits per heavy atom. The van der Waals surface area contributed by atoms with Gasteiger partial charge in [0.25, 0.3) is 11.6 Å². The van der Waals surface area contributed by atoms with Gasteiger partial charge in [0.05, 0.1) is 11.1 Å². The molecule has 0 radical (unpaired) electrons. The van der Waals surface area contributed by atoms with E-state index in [-0.39, 0.29) is 22.0 Å². The molecule has 0 bridgehead atoms. The summed E-state index contributed by atoms with van der Waals surface area (Å²) in [6.45, 7) is -1.56. The van der Waals surface area contributed by atoms with Crippen molar-refractivity contribution in [1.29, 1.82) is 0 Å². The Balaban J connectivity index is 1.83. The molecule has 2 aromatic carbocycles. The third-order valence-electron chi connectivity index (χ3n) is 4.32. The van der Waals surface area contributed by atoms with Gasteiger partial charge in [-0.25, -0.2) is 4.79 Å². The molecule has 1 fully saturated rings.